The molecular formula is C20H20F3N5O. The van der Waals surface area contributed by atoms with Crippen LogP contribution in [0.25, 0.3) is 11.3 Å². The Morgan fingerprint density at radius 2 is 1.79 bits per heavy atom. The largest absolute Gasteiger partial charge is 0.416 e. The van der Waals surface area contributed by atoms with Crippen molar-refractivity contribution in [3.63, 3.8) is 0 Å². The molecule has 3 aromatic rings. The first-order valence-electron chi connectivity index (χ1n) is 8.88. The molecule has 0 amide bonds. The van der Waals surface area contributed by atoms with Crippen molar-refractivity contribution in [3.05, 3.63) is 59.9 Å². The van der Waals surface area contributed by atoms with Crippen LogP contribution in [0.15, 0.2) is 48.8 Å². The number of nitrogens with one attached hydrogen (secondary N) is 2. The number of benzene rings is 1. The molecule has 9 heteroatoms. The van der Waals surface area contributed by atoms with E-state index in [9.17, 15) is 18.3 Å². The smallest absolute Gasteiger partial charge is 0.394 e. The number of pyridine rings is 1. The van der Waals surface area contributed by atoms with E-state index in [-0.39, 0.29) is 18.6 Å². The van der Waals surface area contributed by atoms with Crippen molar-refractivity contribution in [2.45, 2.75) is 26.1 Å². The second-order valence-electron chi connectivity index (χ2n) is 6.58. The predicted octanol–water partition coefficient (Wildman–Crippen LogP) is 4.40. The summed E-state index contributed by atoms with van der Waals surface area (Å²) in [5.74, 6) is 0.565. The molecule has 0 aliphatic carbocycles. The molecule has 1 aromatic carbocycles. The van der Waals surface area contributed by atoms with Crippen molar-refractivity contribution < 1.29 is 18.3 Å². The maximum absolute atomic E-state index is 13.1. The van der Waals surface area contributed by atoms with Crippen LogP contribution in [0.4, 0.5) is 30.6 Å². The quantitative estimate of drug-likeness (QED) is 0.566. The Bertz CT molecular complexity index is 980. The molecule has 0 radical (unpaired) electrons. The highest BCUT2D eigenvalue weighted by atomic mass is 19.4. The van der Waals surface area contributed by atoms with Gasteiger partial charge in [0.05, 0.1) is 17.9 Å². The molecule has 1 atom stereocenters. The second kappa shape index (κ2) is 8.44. The van der Waals surface area contributed by atoms with E-state index in [1.807, 2.05) is 0 Å². The van der Waals surface area contributed by atoms with Gasteiger partial charge in [-0.05, 0) is 43.7 Å². The Morgan fingerprint density at radius 1 is 1.07 bits per heavy atom. The fourth-order valence-electron chi connectivity index (χ4n) is 2.58. The molecule has 29 heavy (non-hydrogen) atoms. The lowest BCUT2D eigenvalue weighted by Crippen LogP contribution is -2.21. The highest BCUT2D eigenvalue weighted by Gasteiger charge is 2.30. The summed E-state index contributed by atoms with van der Waals surface area (Å²) in [4.78, 5) is 12.7. The number of aromatic nitrogens is 3. The predicted molar refractivity (Wildman–Crippen MR) is 105 cm³/mol. The molecular weight excluding hydrogens is 383 g/mol. The average molecular weight is 403 g/mol. The first-order chi connectivity index (χ1) is 13.8. The number of halogens is 3. The third-order valence-electron chi connectivity index (χ3n) is 4.18. The summed E-state index contributed by atoms with van der Waals surface area (Å²) in [6.07, 6.45) is -1.21. The van der Waals surface area contributed by atoms with E-state index in [0.717, 1.165) is 17.7 Å². The van der Waals surface area contributed by atoms with Crippen molar-refractivity contribution in [1.82, 2.24) is 15.0 Å². The SMILES string of the molecule is Cc1ccc(C(F)(F)F)cc1Nc1cc(-c2ccncc2)nc(N[C@@H](C)CO)n1. The van der Waals surface area contributed by atoms with Crippen molar-refractivity contribution in [3.8, 4) is 11.3 Å². The molecule has 0 saturated carbocycles. The number of hydrogen-bond acceptors (Lipinski definition) is 6. The van der Waals surface area contributed by atoms with Crippen LogP contribution in [-0.4, -0.2) is 32.7 Å². The van der Waals surface area contributed by atoms with Gasteiger partial charge in [-0.25, -0.2) is 4.98 Å². The Kier molecular flexibility index (Phi) is 5.97. The molecule has 2 aromatic heterocycles. The maximum atomic E-state index is 13.1. The van der Waals surface area contributed by atoms with Crippen molar-refractivity contribution in [1.29, 1.82) is 0 Å². The zero-order valence-electron chi connectivity index (χ0n) is 15.8. The molecule has 0 spiro atoms. The van der Waals surface area contributed by atoms with Gasteiger partial charge in [0.1, 0.15) is 5.82 Å². The minimum absolute atomic E-state index is 0.127. The Morgan fingerprint density at radius 3 is 2.45 bits per heavy atom. The van der Waals surface area contributed by atoms with Gasteiger partial charge in [-0.2, -0.15) is 18.2 Å². The third-order valence-corrected chi connectivity index (χ3v) is 4.18. The molecule has 152 valence electrons. The number of hydrogen-bond donors (Lipinski definition) is 3. The first-order valence-corrected chi connectivity index (χ1v) is 8.88. The summed E-state index contributed by atoms with van der Waals surface area (Å²) in [6.45, 7) is 3.34. The lowest BCUT2D eigenvalue weighted by molar-refractivity contribution is -0.137. The minimum atomic E-state index is -4.44. The van der Waals surface area contributed by atoms with Crippen molar-refractivity contribution in [2.24, 2.45) is 0 Å². The van der Waals surface area contributed by atoms with Crippen LogP contribution in [0.5, 0.6) is 0 Å². The van der Waals surface area contributed by atoms with Crippen LogP contribution in [0.1, 0.15) is 18.1 Å². The monoisotopic (exact) mass is 403 g/mol. The van der Waals surface area contributed by atoms with Gasteiger partial charge in [0, 0.05) is 35.8 Å². The van der Waals surface area contributed by atoms with Crippen LogP contribution < -0.4 is 10.6 Å². The minimum Gasteiger partial charge on any atom is -0.394 e. The number of anilines is 3. The van der Waals surface area contributed by atoms with Crippen molar-refractivity contribution >= 4 is 17.5 Å². The molecule has 0 unspecified atom stereocenters. The highest BCUT2D eigenvalue weighted by Crippen LogP contribution is 2.33. The molecule has 0 aliphatic heterocycles. The van der Waals surface area contributed by atoms with E-state index in [1.165, 1.54) is 6.07 Å². The number of aliphatic hydroxyl groups is 1. The number of aliphatic hydroxyl groups excluding tert-OH is 1. The highest BCUT2D eigenvalue weighted by molar-refractivity contribution is 5.68. The van der Waals surface area contributed by atoms with Gasteiger partial charge in [0.25, 0.3) is 0 Å². The van der Waals surface area contributed by atoms with E-state index >= 15 is 0 Å². The van der Waals surface area contributed by atoms with Gasteiger partial charge >= 0.3 is 6.18 Å². The third kappa shape index (κ3) is 5.20. The summed E-state index contributed by atoms with van der Waals surface area (Å²) < 4.78 is 39.2. The Hall–Kier alpha value is -3.20. The normalized spacial score (nSPS) is 12.5. The summed E-state index contributed by atoms with van der Waals surface area (Å²) in [7, 11) is 0. The van der Waals surface area contributed by atoms with Crippen molar-refractivity contribution in [2.75, 3.05) is 17.2 Å². The molecule has 3 rings (SSSR count). The zero-order chi connectivity index (χ0) is 21.0. The van der Waals surface area contributed by atoms with Crippen LogP contribution in [-0.2, 0) is 6.18 Å². The molecule has 3 N–H and O–H groups in total. The second-order valence-corrected chi connectivity index (χ2v) is 6.58. The fraction of sp³-hybridized carbons (Fsp3) is 0.250. The summed E-state index contributed by atoms with van der Waals surface area (Å²) in [6, 6.07) is 8.37. The Balaban J connectivity index is 2.01. The molecule has 2 heterocycles. The summed E-state index contributed by atoms with van der Waals surface area (Å²) in [5, 5.41) is 15.2. The van der Waals surface area contributed by atoms with Gasteiger partial charge in [0.15, 0.2) is 0 Å². The molecule has 0 fully saturated rings. The molecule has 0 bridgehead atoms. The number of nitrogens with zero attached hydrogens (tertiary/aromatic N) is 3. The van der Waals surface area contributed by atoms with Crippen LogP contribution >= 0.6 is 0 Å². The Labute approximate surface area is 165 Å². The molecule has 0 saturated heterocycles. The van der Waals surface area contributed by atoms with Gasteiger partial charge in [-0.1, -0.05) is 6.07 Å². The lowest BCUT2D eigenvalue weighted by atomic mass is 10.1. The van der Waals surface area contributed by atoms with Crippen LogP contribution in [0.3, 0.4) is 0 Å². The van der Waals surface area contributed by atoms with Gasteiger partial charge in [-0.3, -0.25) is 4.98 Å². The van der Waals surface area contributed by atoms with E-state index in [1.54, 1.807) is 44.4 Å². The van der Waals surface area contributed by atoms with E-state index in [0.29, 0.717) is 22.8 Å². The summed E-state index contributed by atoms with van der Waals surface area (Å²) in [5.41, 5.74) is 1.51. The van der Waals surface area contributed by atoms with E-state index in [2.05, 4.69) is 25.6 Å². The van der Waals surface area contributed by atoms with Crippen LogP contribution in [0.2, 0.25) is 0 Å². The maximum Gasteiger partial charge on any atom is 0.416 e. The average Bonchev–Trinajstić information content (AvgIpc) is 2.69. The lowest BCUT2D eigenvalue weighted by Gasteiger charge is -2.16. The summed E-state index contributed by atoms with van der Waals surface area (Å²) >= 11 is 0. The van der Waals surface area contributed by atoms with Gasteiger partial charge < -0.3 is 15.7 Å². The standard InChI is InChI=1S/C20H20F3N5O/c1-12-3-4-15(20(21,22)23)9-16(12)26-18-10-17(14-5-7-24-8-6-14)27-19(28-18)25-13(2)11-29/h3-10,13,29H,11H2,1-2H3,(H2,25,26,27,28)/t13-/m0/s1. The van der Waals surface area contributed by atoms with Crippen LogP contribution in [0, 0.1) is 6.92 Å². The number of rotatable bonds is 6. The zero-order valence-corrected chi connectivity index (χ0v) is 15.8. The van der Waals surface area contributed by atoms with Gasteiger partial charge in [-0.15, -0.1) is 0 Å². The topological polar surface area (TPSA) is 83.0 Å². The number of aryl methyl sites for hydroxylation is 1. The first kappa shape index (κ1) is 20.5. The van der Waals surface area contributed by atoms with Gasteiger partial charge in [0.2, 0.25) is 5.95 Å². The number of alkyl halides is 3. The van der Waals surface area contributed by atoms with E-state index in [4.69, 9.17) is 0 Å². The van der Waals surface area contributed by atoms with E-state index < -0.39 is 11.7 Å². The molecule has 0 aliphatic rings. The fourth-order valence-corrected chi connectivity index (χ4v) is 2.58. The molecule has 6 nitrogen and oxygen atoms in total.